The van der Waals surface area contributed by atoms with Gasteiger partial charge in [0.1, 0.15) is 0 Å². The van der Waals surface area contributed by atoms with Crippen molar-refractivity contribution in [3.05, 3.63) is 29.8 Å². The molecule has 134 valence electrons. The number of aryl methyl sites for hydroxylation is 1. The molecule has 24 heavy (non-hydrogen) atoms. The van der Waals surface area contributed by atoms with E-state index in [1.807, 2.05) is 6.92 Å². The second-order valence-corrected chi connectivity index (χ2v) is 9.04. The molecule has 0 unspecified atom stereocenters. The van der Waals surface area contributed by atoms with Gasteiger partial charge in [-0.25, -0.2) is 8.42 Å². The van der Waals surface area contributed by atoms with Crippen molar-refractivity contribution in [3.8, 4) is 0 Å². The fourth-order valence-corrected chi connectivity index (χ4v) is 4.23. The highest BCUT2D eigenvalue weighted by molar-refractivity contribution is 7.89. The number of amides is 1. The fourth-order valence-electron chi connectivity index (χ4n) is 3.11. The highest BCUT2D eigenvalue weighted by atomic mass is 32.2. The third kappa shape index (κ3) is 4.36. The van der Waals surface area contributed by atoms with Crippen LogP contribution in [-0.2, 0) is 14.8 Å². The van der Waals surface area contributed by atoms with Crippen LogP contribution >= 0.6 is 0 Å². The summed E-state index contributed by atoms with van der Waals surface area (Å²) >= 11 is 0. The summed E-state index contributed by atoms with van der Waals surface area (Å²) in [6.07, 6.45) is 4.25. The Bertz CT molecular complexity index is 662. The zero-order valence-electron chi connectivity index (χ0n) is 15.0. The SMILES string of the molecule is Cc1ccc(S(=O)(=O)N(C)CC(=O)N(C)C2CCC(C)CC2)cc1. The first kappa shape index (κ1) is 18.9. The minimum Gasteiger partial charge on any atom is -0.342 e. The number of carbonyl (C=O) groups is 1. The highest BCUT2D eigenvalue weighted by Crippen LogP contribution is 2.26. The molecule has 6 heteroatoms. The van der Waals surface area contributed by atoms with Crippen molar-refractivity contribution in [2.24, 2.45) is 5.92 Å². The zero-order chi connectivity index (χ0) is 17.9. The maximum atomic E-state index is 12.6. The summed E-state index contributed by atoms with van der Waals surface area (Å²) in [6.45, 7) is 4.02. The molecule has 1 amide bonds. The van der Waals surface area contributed by atoms with Crippen LogP contribution < -0.4 is 0 Å². The van der Waals surface area contributed by atoms with Crippen LogP contribution in [0.5, 0.6) is 0 Å². The Labute approximate surface area is 145 Å². The van der Waals surface area contributed by atoms with Gasteiger partial charge >= 0.3 is 0 Å². The van der Waals surface area contributed by atoms with Crippen LogP contribution in [-0.4, -0.2) is 50.2 Å². The Morgan fingerprint density at radius 3 is 2.17 bits per heavy atom. The molecule has 0 heterocycles. The van der Waals surface area contributed by atoms with Gasteiger partial charge in [0, 0.05) is 20.1 Å². The number of carbonyl (C=O) groups excluding carboxylic acids is 1. The topological polar surface area (TPSA) is 57.7 Å². The summed E-state index contributed by atoms with van der Waals surface area (Å²) in [5.74, 6) is 0.571. The van der Waals surface area contributed by atoms with Gasteiger partial charge in [-0.15, -0.1) is 0 Å². The van der Waals surface area contributed by atoms with Gasteiger partial charge in [-0.2, -0.15) is 4.31 Å². The lowest BCUT2D eigenvalue weighted by molar-refractivity contribution is -0.132. The summed E-state index contributed by atoms with van der Waals surface area (Å²) in [5.41, 5.74) is 0.999. The van der Waals surface area contributed by atoms with E-state index in [1.165, 1.54) is 7.05 Å². The standard InChI is InChI=1S/C18H28N2O3S/c1-14-5-9-16(10-6-14)20(4)18(21)13-19(3)24(22,23)17-11-7-15(2)8-12-17/h7-8,11-12,14,16H,5-6,9-10,13H2,1-4H3. The Balaban J connectivity index is 2.01. The number of likely N-dealkylation sites (N-methyl/N-ethyl adjacent to an activating group) is 2. The first-order chi connectivity index (χ1) is 11.2. The molecule has 1 aromatic rings. The minimum atomic E-state index is -3.64. The van der Waals surface area contributed by atoms with Crippen molar-refractivity contribution in [1.82, 2.24) is 9.21 Å². The largest absolute Gasteiger partial charge is 0.342 e. The van der Waals surface area contributed by atoms with Gasteiger partial charge in [0.2, 0.25) is 15.9 Å². The van der Waals surface area contributed by atoms with E-state index < -0.39 is 10.0 Å². The molecule has 0 aliphatic heterocycles. The summed E-state index contributed by atoms with van der Waals surface area (Å²) in [5, 5.41) is 0. The lowest BCUT2D eigenvalue weighted by Crippen LogP contribution is -2.45. The van der Waals surface area contributed by atoms with Gasteiger partial charge in [0.05, 0.1) is 11.4 Å². The average Bonchev–Trinajstić information content (AvgIpc) is 2.55. The zero-order valence-corrected chi connectivity index (χ0v) is 15.8. The van der Waals surface area contributed by atoms with E-state index in [0.29, 0.717) is 5.92 Å². The Hall–Kier alpha value is -1.40. The van der Waals surface area contributed by atoms with Crippen molar-refractivity contribution in [2.75, 3.05) is 20.6 Å². The number of sulfonamides is 1. The summed E-state index contributed by atoms with van der Waals surface area (Å²) in [6, 6.07) is 6.91. The number of hydrogen-bond acceptors (Lipinski definition) is 3. The Morgan fingerprint density at radius 2 is 1.62 bits per heavy atom. The van der Waals surface area contributed by atoms with E-state index in [4.69, 9.17) is 0 Å². The molecule has 1 aromatic carbocycles. The third-order valence-corrected chi connectivity index (χ3v) is 6.83. The molecule has 2 rings (SSSR count). The van der Waals surface area contributed by atoms with E-state index in [-0.39, 0.29) is 23.4 Å². The van der Waals surface area contributed by atoms with E-state index >= 15 is 0 Å². The quantitative estimate of drug-likeness (QED) is 0.818. The lowest BCUT2D eigenvalue weighted by atomic mass is 9.87. The van der Waals surface area contributed by atoms with Crippen LogP contribution in [0.1, 0.15) is 38.2 Å². The van der Waals surface area contributed by atoms with Crippen molar-refractivity contribution in [3.63, 3.8) is 0 Å². The number of nitrogens with zero attached hydrogens (tertiary/aromatic N) is 2. The van der Waals surface area contributed by atoms with Gasteiger partial charge in [-0.3, -0.25) is 4.79 Å². The highest BCUT2D eigenvalue weighted by Gasteiger charge is 2.28. The van der Waals surface area contributed by atoms with E-state index in [0.717, 1.165) is 35.6 Å². The van der Waals surface area contributed by atoms with Crippen LogP contribution in [0.25, 0.3) is 0 Å². The molecule has 1 saturated carbocycles. The molecule has 1 aliphatic carbocycles. The maximum absolute atomic E-state index is 12.6. The first-order valence-corrected chi connectivity index (χ1v) is 9.94. The molecule has 1 fully saturated rings. The minimum absolute atomic E-state index is 0.126. The molecule has 5 nitrogen and oxygen atoms in total. The van der Waals surface area contributed by atoms with Crippen LogP contribution in [0.4, 0.5) is 0 Å². The van der Waals surface area contributed by atoms with Gasteiger partial charge in [0.15, 0.2) is 0 Å². The Morgan fingerprint density at radius 1 is 1.08 bits per heavy atom. The predicted octanol–water partition coefficient (Wildman–Crippen LogP) is 2.65. The lowest BCUT2D eigenvalue weighted by Gasteiger charge is -2.34. The molecule has 0 radical (unpaired) electrons. The molecule has 0 bridgehead atoms. The third-order valence-electron chi connectivity index (χ3n) is 5.01. The molecule has 0 aromatic heterocycles. The van der Waals surface area contributed by atoms with Gasteiger partial charge in [-0.05, 0) is 50.7 Å². The monoisotopic (exact) mass is 352 g/mol. The van der Waals surface area contributed by atoms with Crippen molar-refractivity contribution in [1.29, 1.82) is 0 Å². The number of hydrogen-bond donors (Lipinski definition) is 0. The van der Waals surface area contributed by atoms with Crippen molar-refractivity contribution < 1.29 is 13.2 Å². The van der Waals surface area contributed by atoms with Crippen LogP contribution in [0.15, 0.2) is 29.2 Å². The van der Waals surface area contributed by atoms with E-state index in [1.54, 1.807) is 36.2 Å². The molecule has 0 spiro atoms. The second-order valence-electron chi connectivity index (χ2n) is 6.99. The predicted molar refractivity (Wildman–Crippen MR) is 95.2 cm³/mol. The summed E-state index contributed by atoms with van der Waals surface area (Å²) in [7, 11) is -0.389. The first-order valence-electron chi connectivity index (χ1n) is 8.50. The van der Waals surface area contributed by atoms with Gasteiger partial charge < -0.3 is 4.90 Å². The Kier molecular flexibility index (Phi) is 6.04. The molecule has 0 N–H and O–H groups in total. The average molecular weight is 353 g/mol. The van der Waals surface area contributed by atoms with Gasteiger partial charge in [0.25, 0.3) is 0 Å². The molecular weight excluding hydrogens is 324 g/mol. The van der Waals surface area contributed by atoms with E-state index in [2.05, 4.69) is 6.92 Å². The summed E-state index contributed by atoms with van der Waals surface area (Å²) in [4.78, 5) is 14.4. The van der Waals surface area contributed by atoms with Gasteiger partial charge in [-0.1, -0.05) is 24.6 Å². The van der Waals surface area contributed by atoms with Crippen LogP contribution in [0.2, 0.25) is 0 Å². The molecule has 0 saturated heterocycles. The van der Waals surface area contributed by atoms with Crippen LogP contribution in [0.3, 0.4) is 0 Å². The smallest absolute Gasteiger partial charge is 0.243 e. The molecular formula is C18H28N2O3S. The number of benzene rings is 1. The molecule has 0 atom stereocenters. The van der Waals surface area contributed by atoms with E-state index in [9.17, 15) is 13.2 Å². The van der Waals surface area contributed by atoms with Crippen molar-refractivity contribution >= 4 is 15.9 Å². The number of rotatable bonds is 5. The normalized spacial score (nSPS) is 21.7. The van der Waals surface area contributed by atoms with Crippen LogP contribution in [0, 0.1) is 12.8 Å². The van der Waals surface area contributed by atoms with Crippen molar-refractivity contribution in [2.45, 2.75) is 50.5 Å². The summed E-state index contributed by atoms with van der Waals surface area (Å²) < 4.78 is 26.3. The maximum Gasteiger partial charge on any atom is 0.243 e. The second kappa shape index (κ2) is 7.66. The fraction of sp³-hybridized carbons (Fsp3) is 0.611. The molecule has 1 aliphatic rings.